The average molecular weight is 544 g/mol. The maximum atomic E-state index is 11.9. The highest BCUT2D eigenvalue weighted by molar-refractivity contribution is 5.73. The second-order valence-corrected chi connectivity index (χ2v) is 9.26. The molecule has 0 aromatic rings. The molecule has 0 aromatic carbocycles. The number of hydrogen-bond acceptors (Lipinski definition) is 15. The maximum absolute atomic E-state index is 11.9. The molecule has 37 heavy (non-hydrogen) atoms. The Hall–Kier alpha value is -1.09. The van der Waals surface area contributed by atoms with Gasteiger partial charge in [0.05, 0.1) is 19.3 Å². The Labute approximate surface area is 212 Å². The van der Waals surface area contributed by atoms with E-state index in [9.17, 15) is 45.6 Å². The summed E-state index contributed by atoms with van der Waals surface area (Å²) in [5.41, 5.74) is 0. The second kappa shape index (κ2) is 12.8. The molecule has 0 spiro atoms. The average Bonchev–Trinajstić information content (AvgIpc) is 2.86. The molecule has 0 radical (unpaired) electrons. The molecule has 0 aromatic heterocycles. The first-order chi connectivity index (χ1) is 17.4. The summed E-state index contributed by atoms with van der Waals surface area (Å²) in [5.74, 6) is -0.612. The molecule has 0 bridgehead atoms. The van der Waals surface area contributed by atoms with Crippen molar-refractivity contribution in [2.45, 2.75) is 106 Å². The molecule has 0 aliphatic carbocycles. The van der Waals surface area contributed by atoms with Crippen LogP contribution in [-0.4, -0.2) is 159 Å². The van der Waals surface area contributed by atoms with E-state index < -0.39 is 111 Å². The van der Waals surface area contributed by atoms with Crippen LogP contribution < -0.4 is 5.32 Å². The van der Waals surface area contributed by atoms with Crippen molar-refractivity contribution in [3.8, 4) is 0 Å². The van der Waals surface area contributed by atoms with Gasteiger partial charge in [-0.2, -0.15) is 0 Å². The lowest BCUT2D eigenvalue weighted by molar-refractivity contribution is -0.371. The van der Waals surface area contributed by atoms with Gasteiger partial charge in [-0.1, -0.05) is 0 Å². The molecule has 16 nitrogen and oxygen atoms in total. The zero-order chi connectivity index (χ0) is 27.6. The highest BCUT2D eigenvalue weighted by atomic mass is 16.8. The lowest BCUT2D eigenvalue weighted by Crippen LogP contribution is -2.69. The zero-order valence-corrected chi connectivity index (χ0v) is 20.5. The van der Waals surface area contributed by atoms with Crippen molar-refractivity contribution in [2.75, 3.05) is 20.3 Å². The number of carbonyl (C=O) groups is 1. The zero-order valence-electron chi connectivity index (χ0n) is 20.5. The molecule has 3 saturated heterocycles. The summed E-state index contributed by atoms with van der Waals surface area (Å²) in [7, 11) is 1.21. The van der Waals surface area contributed by atoms with Gasteiger partial charge in [-0.05, 0) is 6.92 Å². The van der Waals surface area contributed by atoms with E-state index >= 15 is 0 Å². The van der Waals surface area contributed by atoms with Gasteiger partial charge in [0.15, 0.2) is 18.9 Å². The molecule has 15 atom stereocenters. The number of methoxy groups -OCH3 is 1. The van der Waals surface area contributed by atoms with E-state index in [0.717, 1.165) is 6.92 Å². The van der Waals surface area contributed by atoms with Gasteiger partial charge in [-0.15, -0.1) is 0 Å². The Morgan fingerprint density at radius 1 is 0.757 bits per heavy atom. The van der Waals surface area contributed by atoms with Crippen LogP contribution in [0.15, 0.2) is 0 Å². The number of carbonyl (C=O) groups excluding carboxylic acids is 1. The number of amides is 1. The molecule has 3 heterocycles. The summed E-state index contributed by atoms with van der Waals surface area (Å²) in [6.07, 6.45) is -20.5. The van der Waals surface area contributed by atoms with Gasteiger partial charge in [-0.3, -0.25) is 4.79 Å². The first kappa shape index (κ1) is 30.5. The third kappa shape index (κ3) is 6.39. The van der Waals surface area contributed by atoms with Crippen LogP contribution in [0.3, 0.4) is 0 Å². The van der Waals surface area contributed by atoms with Crippen LogP contribution in [0.1, 0.15) is 13.8 Å². The van der Waals surface area contributed by atoms with Crippen molar-refractivity contribution < 1.29 is 74.1 Å². The fraction of sp³-hybridized carbons (Fsp3) is 0.952. The molecule has 0 saturated carbocycles. The Kier molecular flexibility index (Phi) is 10.6. The lowest BCUT2D eigenvalue weighted by Gasteiger charge is -2.49. The second-order valence-electron chi connectivity index (χ2n) is 9.26. The molecule has 3 aliphatic heterocycles. The van der Waals surface area contributed by atoms with Crippen molar-refractivity contribution in [3.05, 3.63) is 0 Å². The predicted molar refractivity (Wildman–Crippen MR) is 116 cm³/mol. The molecule has 9 N–H and O–H groups in total. The van der Waals surface area contributed by atoms with Gasteiger partial charge >= 0.3 is 0 Å². The van der Waals surface area contributed by atoms with Crippen molar-refractivity contribution in [3.63, 3.8) is 0 Å². The van der Waals surface area contributed by atoms with Gasteiger partial charge in [0.2, 0.25) is 5.91 Å². The Morgan fingerprint density at radius 2 is 1.38 bits per heavy atom. The van der Waals surface area contributed by atoms with Gasteiger partial charge in [0.1, 0.15) is 67.1 Å². The molecule has 16 heteroatoms. The highest BCUT2D eigenvalue weighted by Crippen LogP contribution is 2.33. The van der Waals surface area contributed by atoms with Crippen molar-refractivity contribution in [1.82, 2.24) is 5.32 Å². The van der Waals surface area contributed by atoms with Crippen LogP contribution in [0, 0.1) is 0 Å². The summed E-state index contributed by atoms with van der Waals surface area (Å²) in [6.45, 7) is 1.15. The molecular weight excluding hydrogens is 506 g/mol. The predicted octanol–water partition coefficient (Wildman–Crippen LogP) is -5.75. The minimum atomic E-state index is -1.76. The van der Waals surface area contributed by atoms with Crippen molar-refractivity contribution in [2.24, 2.45) is 0 Å². The number of rotatable bonds is 8. The quantitative estimate of drug-likeness (QED) is 0.138. The fourth-order valence-electron chi connectivity index (χ4n) is 4.63. The van der Waals surface area contributed by atoms with Gasteiger partial charge in [-0.25, -0.2) is 0 Å². The standard InChI is InChI=1S/C21H37NO15/c1-6-11(26)13(28)15(30)20(33-6)37-17-10(22-7(2)25)19(31)34-9(5-24)16(17)36-21-18(32-3)14(29)12(27)8(4-23)35-21/h6,8-21,23-24,26-31H,4-5H2,1-3H3,(H,22,25)/t6-,8+,9+,10+,11+,12-,13+,14-,15-,16+,17+,18+,19?,20-,21-/m0/s1. The van der Waals surface area contributed by atoms with Crippen LogP contribution >= 0.6 is 0 Å². The first-order valence-electron chi connectivity index (χ1n) is 11.8. The smallest absolute Gasteiger partial charge is 0.217 e. The summed E-state index contributed by atoms with van der Waals surface area (Å²) in [4.78, 5) is 11.9. The fourth-order valence-corrected chi connectivity index (χ4v) is 4.63. The number of ether oxygens (including phenoxy) is 6. The van der Waals surface area contributed by atoms with Crippen molar-refractivity contribution >= 4 is 5.91 Å². The van der Waals surface area contributed by atoms with Gasteiger partial charge in [0, 0.05) is 14.0 Å². The molecular formula is C21H37NO15. The van der Waals surface area contributed by atoms with Crippen LogP contribution in [-0.2, 0) is 33.2 Å². The SMILES string of the molecule is CO[C@H]1[C@H](O[C@H]2[C@H](O[C@@H]3O[C@@H](C)[C@@H](O)[C@@H](O)[C@@H]3O)[C@@H](NC(C)=O)C(O)O[C@@H]2CO)O[C@H](CO)[C@H](O)[C@@H]1O. The normalized spacial score (nSPS) is 49.0. The van der Waals surface area contributed by atoms with E-state index in [-0.39, 0.29) is 0 Å². The number of aliphatic hydroxyl groups excluding tert-OH is 8. The van der Waals surface area contributed by atoms with E-state index in [1.807, 2.05) is 0 Å². The van der Waals surface area contributed by atoms with Crippen LogP contribution in [0.2, 0.25) is 0 Å². The molecule has 3 rings (SSSR count). The largest absolute Gasteiger partial charge is 0.394 e. The first-order valence-corrected chi connectivity index (χ1v) is 11.8. The number of aliphatic hydroxyl groups is 8. The van der Waals surface area contributed by atoms with Gasteiger partial charge < -0.3 is 74.6 Å². The lowest BCUT2D eigenvalue weighted by atomic mass is 9.94. The van der Waals surface area contributed by atoms with E-state index in [2.05, 4.69) is 5.32 Å². The molecule has 216 valence electrons. The summed E-state index contributed by atoms with van der Waals surface area (Å²) in [6, 6.07) is -1.37. The Bertz CT molecular complexity index is 747. The van der Waals surface area contributed by atoms with E-state index in [1.165, 1.54) is 14.0 Å². The van der Waals surface area contributed by atoms with Crippen LogP contribution in [0.4, 0.5) is 0 Å². The molecule has 3 fully saturated rings. The van der Waals surface area contributed by atoms with Crippen LogP contribution in [0.25, 0.3) is 0 Å². The van der Waals surface area contributed by atoms with E-state index in [4.69, 9.17) is 28.4 Å². The van der Waals surface area contributed by atoms with E-state index in [0.29, 0.717) is 0 Å². The topological polar surface area (TPSA) is 246 Å². The third-order valence-corrected chi connectivity index (χ3v) is 6.70. The minimum absolute atomic E-state index is 0.612. The Morgan fingerprint density at radius 3 is 1.95 bits per heavy atom. The van der Waals surface area contributed by atoms with Crippen molar-refractivity contribution in [1.29, 1.82) is 0 Å². The Balaban J connectivity index is 1.94. The highest BCUT2D eigenvalue weighted by Gasteiger charge is 2.54. The molecule has 1 amide bonds. The third-order valence-electron chi connectivity index (χ3n) is 6.70. The number of nitrogens with one attached hydrogen (secondary N) is 1. The van der Waals surface area contributed by atoms with E-state index in [1.54, 1.807) is 0 Å². The maximum Gasteiger partial charge on any atom is 0.217 e. The molecule has 3 aliphatic rings. The summed E-state index contributed by atoms with van der Waals surface area (Å²) >= 11 is 0. The van der Waals surface area contributed by atoms with Crippen LogP contribution in [0.5, 0.6) is 0 Å². The number of hydrogen-bond donors (Lipinski definition) is 9. The minimum Gasteiger partial charge on any atom is -0.394 e. The molecule has 1 unspecified atom stereocenters. The van der Waals surface area contributed by atoms with Gasteiger partial charge in [0.25, 0.3) is 0 Å². The summed E-state index contributed by atoms with van der Waals surface area (Å²) < 4.78 is 33.5. The summed E-state index contributed by atoms with van der Waals surface area (Å²) in [5, 5.41) is 83.8. The monoisotopic (exact) mass is 543 g/mol.